The average molecular weight is 323 g/mol. The molecule has 24 heavy (non-hydrogen) atoms. The Hall–Kier alpha value is -2.79. The third-order valence-corrected chi connectivity index (χ3v) is 3.91. The SMILES string of the molecule is COc1cc(-c2cnn(-c3ccccc3)c2)cc(CCN)c1OC. The molecule has 2 aromatic carbocycles. The lowest BCUT2D eigenvalue weighted by atomic mass is 10.0. The van der Waals surface area contributed by atoms with Gasteiger partial charge in [-0.1, -0.05) is 18.2 Å². The molecule has 124 valence electrons. The molecular weight excluding hydrogens is 302 g/mol. The fourth-order valence-electron chi connectivity index (χ4n) is 2.74. The van der Waals surface area contributed by atoms with Crippen LogP contribution in [0.15, 0.2) is 54.9 Å². The minimum absolute atomic E-state index is 0.548. The van der Waals surface area contributed by atoms with E-state index in [9.17, 15) is 0 Å². The van der Waals surface area contributed by atoms with Crippen LogP contribution in [-0.2, 0) is 6.42 Å². The van der Waals surface area contributed by atoms with Crippen molar-refractivity contribution in [1.29, 1.82) is 0 Å². The molecular formula is C19H21N3O2. The molecule has 0 aliphatic heterocycles. The minimum atomic E-state index is 0.548. The molecule has 3 rings (SSSR count). The highest BCUT2D eigenvalue weighted by molar-refractivity contribution is 5.68. The summed E-state index contributed by atoms with van der Waals surface area (Å²) >= 11 is 0. The van der Waals surface area contributed by atoms with Crippen LogP contribution in [0, 0.1) is 0 Å². The summed E-state index contributed by atoms with van der Waals surface area (Å²) in [7, 11) is 3.28. The van der Waals surface area contributed by atoms with Crippen molar-refractivity contribution in [3.05, 3.63) is 60.4 Å². The van der Waals surface area contributed by atoms with Crippen molar-refractivity contribution in [2.24, 2.45) is 5.73 Å². The molecule has 5 heteroatoms. The van der Waals surface area contributed by atoms with Gasteiger partial charge in [-0.2, -0.15) is 5.10 Å². The first-order chi connectivity index (χ1) is 11.8. The van der Waals surface area contributed by atoms with Crippen molar-refractivity contribution < 1.29 is 9.47 Å². The molecule has 0 spiro atoms. The second-order valence-electron chi connectivity index (χ2n) is 5.42. The fourth-order valence-corrected chi connectivity index (χ4v) is 2.74. The van der Waals surface area contributed by atoms with E-state index in [0.717, 1.165) is 34.5 Å². The number of ether oxygens (including phenoxy) is 2. The lowest BCUT2D eigenvalue weighted by molar-refractivity contribution is 0.352. The second kappa shape index (κ2) is 7.19. The Bertz CT molecular complexity index is 813. The predicted octanol–water partition coefficient (Wildman–Crippen LogP) is 3.06. The molecule has 0 saturated carbocycles. The van der Waals surface area contributed by atoms with Crippen LogP contribution < -0.4 is 15.2 Å². The number of benzene rings is 2. The number of hydrogen-bond donors (Lipinski definition) is 1. The average Bonchev–Trinajstić information content (AvgIpc) is 3.12. The van der Waals surface area contributed by atoms with Gasteiger partial charge in [0.05, 0.1) is 26.1 Å². The first-order valence-electron chi connectivity index (χ1n) is 7.82. The molecule has 0 radical (unpaired) electrons. The van der Waals surface area contributed by atoms with E-state index in [-0.39, 0.29) is 0 Å². The van der Waals surface area contributed by atoms with Gasteiger partial charge in [0, 0.05) is 11.8 Å². The van der Waals surface area contributed by atoms with Gasteiger partial charge in [0.2, 0.25) is 0 Å². The zero-order valence-corrected chi connectivity index (χ0v) is 13.9. The highest BCUT2D eigenvalue weighted by Gasteiger charge is 2.14. The van der Waals surface area contributed by atoms with Crippen LogP contribution in [0.4, 0.5) is 0 Å². The fraction of sp³-hybridized carbons (Fsp3) is 0.211. The Morgan fingerprint density at radius 3 is 2.50 bits per heavy atom. The summed E-state index contributed by atoms with van der Waals surface area (Å²) in [6, 6.07) is 14.1. The lowest BCUT2D eigenvalue weighted by Crippen LogP contribution is -2.05. The van der Waals surface area contributed by atoms with E-state index in [1.165, 1.54) is 0 Å². The van der Waals surface area contributed by atoms with Crippen molar-refractivity contribution in [3.8, 4) is 28.3 Å². The number of aromatic nitrogens is 2. The Kier molecular flexibility index (Phi) is 4.82. The van der Waals surface area contributed by atoms with Gasteiger partial charge in [0.15, 0.2) is 11.5 Å². The van der Waals surface area contributed by atoms with Gasteiger partial charge in [-0.15, -0.1) is 0 Å². The van der Waals surface area contributed by atoms with Crippen molar-refractivity contribution in [2.75, 3.05) is 20.8 Å². The second-order valence-corrected chi connectivity index (χ2v) is 5.42. The number of rotatable bonds is 6. The number of nitrogens with zero attached hydrogens (tertiary/aromatic N) is 2. The maximum atomic E-state index is 5.73. The molecule has 0 amide bonds. The molecule has 1 heterocycles. The Labute approximate surface area is 141 Å². The molecule has 0 fully saturated rings. The van der Waals surface area contributed by atoms with Crippen molar-refractivity contribution in [1.82, 2.24) is 9.78 Å². The van der Waals surface area contributed by atoms with Crippen LogP contribution in [0.2, 0.25) is 0 Å². The summed E-state index contributed by atoms with van der Waals surface area (Å²) in [6.45, 7) is 0.548. The van der Waals surface area contributed by atoms with E-state index in [1.807, 2.05) is 53.5 Å². The van der Waals surface area contributed by atoms with Crippen LogP contribution in [0.5, 0.6) is 11.5 Å². The molecule has 0 aliphatic rings. The van der Waals surface area contributed by atoms with Gasteiger partial charge in [-0.25, -0.2) is 4.68 Å². The normalized spacial score (nSPS) is 10.6. The van der Waals surface area contributed by atoms with E-state index in [4.69, 9.17) is 15.2 Å². The molecule has 0 unspecified atom stereocenters. The van der Waals surface area contributed by atoms with Crippen LogP contribution in [0.1, 0.15) is 5.56 Å². The topological polar surface area (TPSA) is 62.3 Å². The number of para-hydroxylation sites is 1. The summed E-state index contributed by atoms with van der Waals surface area (Å²) in [5.74, 6) is 1.44. The predicted molar refractivity (Wildman–Crippen MR) is 94.9 cm³/mol. The number of methoxy groups -OCH3 is 2. The first-order valence-corrected chi connectivity index (χ1v) is 7.82. The largest absolute Gasteiger partial charge is 0.493 e. The first kappa shape index (κ1) is 16.1. The maximum absolute atomic E-state index is 5.73. The summed E-state index contributed by atoms with van der Waals surface area (Å²) in [6.07, 6.45) is 4.57. The molecule has 0 saturated heterocycles. The van der Waals surface area contributed by atoms with E-state index in [2.05, 4.69) is 11.2 Å². The van der Waals surface area contributed by atoms with Gasteiger partial charge in [0.1, 0.15) is 0 Å². The van der Waals surface area contributed by atoms with Crippen molar-refractivity contribution in [2.45, 2.75) is 6.42 Å². The van der Waals surface area contributed by atoms with Crippen molar-refractivity contribution >= 4 is 0 Å². The van der Waals surface area contributed by atoms with Gasteiger partial charge >= 0.3 is 0 Å². The zero-order chi connectivity index (χ0) is 16.9. The third kappa shape index (κ3) is 3.12. The van der Waals surface area contributed by atoms with Gasteiger partial charge in [-0.3, -0.25) is 0 Å². The Balaban J connectivity index is 2.03. The molecule has 3 aromatic rings. The Morgan fingerprint density at radius 2 is 1.83 bits per heavy atom. The Morgan fingerprint density at radius 1 is 1.04 bits per heavy atom. The zero-order valence-electron chi connectivity index (χ0n) is 13.9. The van der Waals surface area contributed by atoms with E-state index < -0.39 is 0 Å². The molecule has 1 aromatic heterocycles. The highest BCUT2D eigenvalue weighted by atomic mass is 16.5. The number of nitrogens with two attached hydrogens (primary N) is 1. The molecule has 0 aliphatic carbocycles. The van der Waals surface area contributed by atoms with Crippen LogP contribution >= 0.6 is 0 Å². The quantitative estimate of drug-likeness (QED) is 0.757. The van der Waals surface area contributed by atoms with Gasteiger partial charge in [-0.05, 0) is 48.4 Å². The molecule has 2 N–H and O–H groups in total. The van der Waals surface area contributed by atoms with Gasteiger partial charge in [0.25, 0.3) is 0 Å². The van der Waals surface area contributed by atoms with Crippen LogP contribution in [-0.4, -0.2) is 30.5 Å². The summed E-state index contributed by atoms with van der Waals surface area (Å²) in [4.78, 5) is 0. The molecule has 5 nitrogen and oxygen atoms in total. The standard InChI is InChI=1S/C19H21N3O2/c1-23-18-11-15(10-14(8-9-20)19(18)24-2)16-12-21-22(13-16)17-6-4-3-5-7-17/h3-7,10-13H,8-9,20H2,1-2H3. The summed E-state index contributed by atoms with van der Waals surface area (Å²) < 4.78 is 12.8. The van der Waals surface area contributed by atoms with Gasteiger partial charge < -0.3 is 15.2 Å². The smallest absolute Gasteiger partial charge is 0.163 e. The summed E-state index contributed by atoms with van der Waals surface area (Å²) in [5.41, 5.74) is 9.82. The minimum Gasteiger partial charge on any atom is -0.493 e. The van der Waals surface area contributed by atoms with E-state index in [0.29, 0.717) is 12.3 Å². The van der Waals surface area contributed by atoms with Crippen LogP contribution in [0.3, 0.4) is 0 Å². The molecule has 0 atom stereocenters. The molecule has 0 bridgehead atoms. The highest BCUT2D eigenvalue weighted by Crippen LogP contribution is 2.36. The van der Waals surface area contributed by atoms with E-state index >= 15 is 0 Å². The third-order valence-electron chi connectivity index (χ3n) is 3.91. The monoisotopic (exact) mass is 323 g/mol. The van der Waals surface area contributed by atoms with Crippen molar-refractivity contribution in [3.63, 3.8) is 0 Å². The maximum Gasteiger partial charge on any atom is 0.163 e. The summed E-state index contributed by atoms with van der Waals surface area (Å²) in [5, 5.41) is 4.46. The number of hydrogen-bond acceptors (Lipinski definition) is 4. The van der Waals surface area contributed by atoms with Crippen LogP contribution in [0.25, 0.3) is 16.8 Å². The van der Waals surface area contributed by atoms with E-state index in [1.54, 1.807) is 14.2 Å². The lowest BCUT2D eigenvalue weighted by Gasteiger charge is -2.14.